The minimum Gasteiger partial charge on any atom is -0.319 e. The molecule has 0 bridgehead atoms. The van der Waals surface area contributed by atoms with Crippen molar-refractivity contribution in [3.05, 3.63) is 29.0 Å². The Morgan fingerprint density at radius 3 is 2.57 bits per heavy atom. The second-order valence-corrected chi connectivity index (χ2v) is 3.04. The standard InChI is InChI=1S/C7H10N6O/c1-11-4-8-10-6(11)3-13-7(14)12(2)5-9-13/h4-5H,3H2,1-2H3. The molecular weight excluding hydrogens is 184 g/mol. The van der Waals surface area contributed by atoms with Gasteiger partial charge in [-0.15, -0.1) is 10.2 Å². The fourth-order valence-electron chi connectivity index (χ4n) is 1.11. The summed E-state index contributed by atoms with van der Waals surface area (Å²) in [7, 11) is 3.48. The van der Waals surface area contributed by atoms with Crippen molar-refractivity contribution >= 4 is 0 Å². The molecule has 0 spiro atoms. The van der Waals surface area contributed by atoms with Crippen LogP contribution in [0.4, 0.5) is 0 Å². The fraction of sp³-hybridized carbons (Fsp3) is 0.429. The van der Waals surface area contributed by atoms with Crippen LogP contribution in [0.5, 0.6) is 0 Å². The molecule has 0 saturated carbocycles. The smallest absolute Gasteiger partial charge is 0.319 e. The van der Waals surface area contributed by atoms with E-state index in [1.54, 1.807) is 17.9 Å². The third kappa shape index (κ3) is 1.32. The zero-order valence-corrected chi connectivity index (χ0v) is 7.95. The molecule has 2 aromatic rings. The molecule has 0 N–H and O–H groups in total. The molecule has 0 aliphatic heterocycles. The Labute approximate surface area is 79.6 Å². The lowest BCUT2D eigenvalue weighted by molar-refractivity contribution is 0.602. The summed E-state index contributed by atoms with van der Waals surface area (Å²) in [6, 6.07) is 0. The van der Waals surface area contributed by atoms with Crippen molar-refractivity contribution in [1.29, 1.82) is 0 Å². The van der Waals surface area contributed by atoms with Gasteiger partial charge in [-0.25, -0.2) is 9.48 Å². The van der Waals surface area contributed by atoms with Gasteiger partial charge in [0, 0.05) is 14.1 Å². The quantitative estimate of drug-likeness (QED) is 0.599. The summed E-state index contributed by atoms with van der Waals surface area (Å²) in [5, 5.41) is 11.5. The van der Waals surface area contributed by atoms with Gasteiger partial charge in [0.2, 0.25) is 0 Å². The highest BCUT2D eigenvalue weighted by Gasteiger charge is 2.06. The molecule has 2 heterocycles. The van der Waals surface area contributed by atoms with Crippen LogP contribution in [-0.2, 0) is 20.6 Å². The number of nitrogens with zero attached hydrogens (tertiary/aromatic N) is 6. The molecular formula is C7H10N6O. The molecule has 0 aromatic carbocycles. The van der Waals surface area contributed by atoms with Crippen LogP contribution in [0.2, 0.25) is 0 Å². The Morgan fingerprint density at radius 1 is 1.29 bits per heavy atom. The summed E-state index contributed by atoms with van der Waals surface area (Å²) in [6.07, 6.45) is 3.06. The van der Waals surface area contributed by atoms with E-state index < -0.39 is 0 Å². The number of aryl methyl sites for hydroxylation is 2. The van der Waals surface area contributed by atoms with Gasteiger partial charge < -0.3 is 4.57 Å². The van der Waals surface area contributed by atoms with E-state index in [-0.39, 0.29) is 5.69 Å². The number of hydrogen-bond donors (Lipinski definition) is 0. The van der Waals surface area contributed by atoms with Crippen LogP contribution in [0.1, 0.15) is 5.82 Å². The summed E-state index contributed by atoms with van der Waals surface area (Å²) < 4.78 is 4.50. The maximum Gasteiger partial charge on any atom is 0.345 e. The van der Waals surface area contributed by atoms with Gasteiger partial charge in [0.05, 0.1) is 0 Å². The Balaban J connectivity index is 2.32. The molecule has 2 rings (SSSR count). The lowest BCUT2D eigenvalue weighted by atomic mass is 10.6. The van der Waals surface area contributed by atoms with Crippen molar-refractivity contribution in [2.75, 3.05) is 0 Å². The van der Waals surface area contributed by atoms with Gasteiger partial charge in [-0.3, -0.25) is 4.57 Å². The number of aromatic nitrogens is 6. The van der Waals surface area contributed by atoms with E-state index >= 15 is 0 Å². The van der Waals surface area contributed by atoms with E-state index in [4.69, 9.17) is 0 Å². The van der Waals surface area contributed by atoms with Crippen LogP contribution < -0.4 is 5.69 Å². The highest BCUT2D eigenvalue weighted by atomic mass is 16.2. The maximum absolute atomic E-state index is 11.4. The lowest BCUT2D eigenvalue weighted by Crippen LogP contribution is -2.24. The summed E-state index contributed by atoms with van der Waals surface area (Å²) >= 11 is 0. The summed E-state index contributed by atoms with van der Waals surface area (Å²) in [5.41, 5.74) is -0.159. The molecule has 14 heavy (non-hydrogen) atoms. The van der Waals surface area contributed by atoms with Crippen LogP contribution >= 0.6 is 0 Å². The van der Waals surface area contributed by atoms with E-state index in [0.717, 1.165) is 0 Å². The van der Waals surface area contributed by atoms with Crippen molar-refractivity contribution in [2.45, 2.75) is 6.54 Å². The third-order valence-electron chi connectivity index (χ3n) is 1.98. The molecule has 7 nitrogen and oxygen atoms in total. The third-order valence-corrected chi connectivity index (χ3v) is 1.98. The first-order chi connectivity index (χ1) is 6.68. The predicted octanol–water partition coefficient (Wildman–Crippen LogP) is -1.24. The average molecular weight is 194 g/mol. The molecule has 0 aliphatic rings. The van der Waals surface area contributed by atoms with Gasteiger partial charge in [-0.05, 0) is 0 Å². The van der Waals surface area contributed by atoms with Gasteiger partial charge in [-0.1, -0.05) is 0 Å². The van der Waals surface area contributed by atoms with Gasteiger partial charge in [-0.2, -0.15) is 5.10 Å². The average Bonchev–Trinajstić information content (AvgIpc) is 2.68. The molecule has 0 unspecified atom stereocenters. The second kappa shape index (κ2) is 3.09. The lowest BCUT2D eigenvalue weighted by Gasteiger charge is -1.98. The summed E-state index contributed by atoms with van der Waals surface area (Å²) in [6.45, 7) is 0.343. The maximum atomic E-state index is 11.4. The second-order valence-electron chi connectivity index (χ2n) is 3.04. The Bertz CT molecular complexity index is 492. The molecule has 2 aromatic heterocycles. The first kappa shape index (κ1) is 8.67. The largest absolute Gasteiger partial charge is 0.345 e. The van der Waals surface area contributed by atoms with Crippen molar-refractivity contribution in [1.82, 2.24) is 29.1 Å². The normalized spacial score (nSPS) is 10.7. The molecule has 0 radical (unpaired) electrons. The molecule has 0 amide bonds. The zero-order chi connectivity index (χ0) is 10.1. The van der Waals surface area contributed by atoms with Crippen LogP contribution in [0.25, 0.3) is 0 Å². The Morgan fingerprint density at radius 2 is 2.07 bits per heavy atom. The monoisotopic (exact) mass is 194 g/mol. The fourth-order valence-corrected chi connectivity index (χ4v) is 1.11. The molecule has 0 atom stereocenters. The highest BCUT2D eigenvalue weighted by Crippen LogP contribution is 1.92. The minimum atomic E-state index is -0.159. The number of rotatable bonds is 2. The number of hydrogen-bond acceptors (Lipinski definition) is 4. The Kier molecular flexibility index (Phi) is 1.91. The highest BCUT2D eigenvalue weighted by molar-refractivity contribution is 4.85. The van der Waals surface area contributed by atoms with Gasteiger partial charge in [0.1, 0.15) is 19.2 Å². The molecule has 74 valence electrons. The van der Waals surface area contributed by atoms with E-state index in [0.29, 0.717) is 12.4 Å². The van der Waals surface area contributed by atoms with Crippen molar-refractivity contribution < 1.29 is 0 Å². The summed E-state index contributed by atoms with van der Waals surface area (Å²) in [4.78, 5) is 11.4. The van der Waals surface area contributed by atoms with Crippen molar-refractivity contribution in [3.8, 4) is 0 Å². The SMILES string of the molecule is Cn1cnnc1Cn1ncn(C)c1=O. The van der Waals surface area contributed by atoms with E-state index in [9.17, 15) is 4.79 Å². The predicted molar refractivity (Wildman–Crippen MR) is 47.6 cm³/mol. The zero-order valence-electron chi connectivity index (χ0n) is 7.95. The molecule has 0 saturated heterocycles. The van der Waals surface area contributed by atoms with Gasteiger partial charge >= 0.3 is 5.69 Å². The van der Waals surface area contributed by atoms with Crippen molar-refractivity contribution in [2.24, 2.45) is 14.1 Å². The minimum absolute atomic E-state index is 0.159. The van der Waals surface area contributed by atoms with Gasteiger partial charge in [0.25, 0.3) is 0 Å². The van der Waals surface area contributed by atoms with E-state index in [1.807, 2.05) is 7.05 Å². The molecule has 0 fully saturated rings. The van der Waals surface area contributed by atoms with E-state index in [1.165, 1.54) is 15.6 Å². The molecule has 7 heteroatoms. The van der Waals surface area contributed by atoms with Crippen LogP contribution in [0.3, 0.4) is 0 Å². The van der Waals surface area contributed by atoms with Crippen LogP contribution in [0.15, 0.2) is 17.4 Å². The molecule has 0 aliphatic carbocycles. The summed E-state index contributed by atoms with van der Waals surface area (Å²) in [5.74, 6) is 0.700. The van der Waals surface area contributed by atoms with Crippen molar-refractivity contribution in [3.63, 3.8) is 0 Å². The van der Waals surface area contributed by atoms with Crippen LogP contribution in [0, 0.1) is 0 Å². The topological polar surface area (TPSA) is 70.5 Å². The van der Waals surface area contributed by atoms with Crippen LogP contribution in [-0.4, -0.2) is 29.1 Å². The Hall–Kier alpha value is -1.92. The first-order valence-corrected chi connectivity index (χ1v) is 4.10. The first-order valence-electron chi connectivity index (χ1n) is 4.10. The van der Waals surface area contributed by atoms with E-state index in [2.05, 4.69) is 15.3 Å². The van der Waals surface area contributed by atoms with Gasteiger partial charge in [0.15, 0.2) is 5.82 Å².